The molecule has 0 amide bonds. The molecule has 0 aliphatic carbocycles. The summed E-state index contributed by atoms with van der Waals surface area (Å²) in [6.45, 7) is -0.00972. The highest BCUT2D eigenvalue weighted by Gasteiger charge is 2.53. The molecule has 17 atom stereocenters. The third kappa shape index (κ3) is 8.71. The fourth-order valence-electron chi connectivity index (χ4n) is 7.22. The topological polar surface area (TPSA) is 367 Å². The molecule has 13 N–H and O–H groups in total. The van der Waals surface area contributed by atoms with Crippen molar-refractivity contribution in [1.29, 1.82) is 0 Å². The lowest BCUT2D eigenvalue weighted by molar-refractivity contribution is -0.370. The Labute approximate surface area is 337 Å². The van der Waals surface area contributed by atoms with E-state index in [9.17, 15) is 71.2 Å². The van der Waals surface area contributed by atoms with Crippen molar-refractivity contribution in [2.45, 2.75) is 118 Å². The molecule has 0 bridgehead atoms. The standard InChI is InChI=1S/C37H46O23/c1-11-31(58-22-7-16(41)18(43)8-52-22)30(51)34(60-36-29(50)27(48)25(46)21(57-36)10-54-35-28(49)24(45)19(44)9-53-35)37(55-11)59-33-26(47)23-17(42)5-13(38)6-20(23)56-32(33)12-2-3-14(39)15(40)4-12/h2-6,11,16,18-19,21-22,24-25,27-31,34-46,48-51H,7-10H2,1H3. The molecule has 1 aromatic heterocycles. The van der Waals surface area contributed by atoms with Crippen LogP contribution in [0.3, 0.4) is 0 Å². The molecule has 17 unspecified atom stereocenters. The number of aromatic hydroxyl groups is 4. The average Bonchev–Trinajstić information content (AvgIpc) is 3.20. The van der Waals surface area contributed by atoms with Crippen molar-refractivity contribution < 1.29 is 109 Å². The third-order valence-corrected chi connectivity index (χ3v) is 10.6. The van der Waals surface area contributed by atoms with Gasteiger partial charge < -0.3 is 109 Å². The molecule has 4 fully saturated rings. The van der Waals surface area contributed by atoms with Crippen LogP contribution in [-0.2, 0) is 33.2 Å². The zero-order chi connectivity index (χ0) is 43.3. The number of fused-ring (bicyclic) bond motifs is 1. The highest BCUT2D eigenvalue weighted by molar-refractivity contribution is 5.88. The summed E-state index contributed by atoms with van der Waals surface area (Å²) in [4.78, 5) is 14.2. The summed E-state index contributed by atoms with van der Waals surface area (Å²) in [5.41, 5.74) is -1.50. The summed E-state index contributed by atoms with van der Waals surface area (Å²) in [5.74, 6) is -3.61. The van der Waals surface area contributed by atoms with Crippen LogP contribution >= 0.6 is 0 Å². The van der Waals surface area contributed by atoms with Gasteiger partial charge in [0.25, 0.3) is 0 Å². The average molecular weight is 859 g/mol. The fourth-order valence-corrected chi connectivity index (χ4v) is 7.22. The third-order valence-electron chi connectivity index (χ3n) is 10.6. The van der Waals surface area contributed by atoms with E-state index >= 15 is 0 Å². The van der Waals surface area contributed by atoms with Crippen LogP contribution in [0.25, 0.3) is 22.3 Å². The molecule has 3 aromatic rings. The van der Waals surface area contributed by atoms with E-state index in [-0.39, 0.29) is 24.2 Å². The minimum absolute atomic E-state index is 0.0829. The summed E-state index contributed by atoms with van der Waals surface area (Å²) in [6, 6.07) is 5.15. The molecule has 2 aromatic carbocycles. The summed E-state index contributed by atoms with van der Waals surface area (Å²) in [5, 5.41) is 136. The number of benzene rings is 2. The van der Waals surface area contributed by atoms with Crippen molar-refractivity contribution in [2.75, 3.05) is 19.8 Å². The fraction of sp³-hybridized carbons (Fsp3) is 0.595. The van der Waals surface area contributed by atoms with Crippen LogP contribution < -0.4 is 10.2 Å². The first-order valence-corrected chi connectivity index (χ1v) is 18.7. The lowest BCUT2D eigenvalue weighted by atomic mass is 9.97. The van der Waals surface area contributed by atoms with Gasteiger partial charge in [-0.2, -0.15) is 0 Å². The number of rotatable bonds is 10. The molecular formula is C37H46O23. The SMILES string of the molecule is CC1OC(Oc2c(-c3ccc(O)c(O)c3)oc3cc(O)cc(O)c3c2=O)C(OC2OC(COC3OCC(O)C(O)C3O)C(O)C(O)C2O)C(O)C1OC1CC(O)C(O)CO1. The van der Waals surface area contributed by atoms with E-state index in [1.54, 1.807) is 0 Å². The zero-order valence-corrected chi connectivity index (χ0v) is 31.4. The second-order valence-corrected chi connectivity index (χ2v) is 14.9. The molecule has 23 heteroatoms. The quantitative estimate of drug-likeness (QED) is 0.0872. The van der Waals surface area contributed by atoms with Crippen LogP contribution in [0.4, 0.5) is 0 Å². The Hall–Kier alpha value is -3.99. The van der Waals surface area contributed by atoms with Crippen molar-refractivity contribution in [2.24, 2.45) is 0 Å². The van der Waals surface area contributed by atoms with Gasteiger partial charge in [0.15, 0.2) is 42.2 Å². The maximum absolute atomic E-state index is 14.2. The Morgan fingerprint density at radius 3 is 2.10 bits per heavy atom. The van der Waals surface area contributed by atoms with Crippen molar-refractivity contribution in [3.8, 4) is 40.1 Å². The minimum atomic E-state index is -2.07. The molecule has 23 nitrogen and oxygen atoms in total. The van der Waals surface area contributed by atoms with Crippen molar-refractivity contribution in [3.05, 3.63) is 40.6 Å². The molecule has 0 saturated carbocycles. The zero-order valence-electron chi connectivity index (χ0n) is 31.4. The second kappa shape index (κ2) is 17.8. The predicted molar refractivity (Wildman–Crippen MR) is 192 cm³/mol. The van der Waals surface area contributed by atoms with Gasteiger partial charge in [-0.15, -0.1) is 0 Å². The van der Waals surface area contributed by atoms with Crippen LogP contribution in [0.1, 0.15) is 13.3 Å². The molecule has 60 heavy (non-hydrogen) atoms. The van der Waals surface area contributed by atoms with Crippen molar-refractivity contribution in [1.82, 2.24) is 0 Å². The van der Waals surface area contributed by atoms with E-state index < -0.39 is 163 Å². The molecule has 4 aliphatic rings. The highest BCUT2D eigenvalue weighted by atomic mass is 16.8. The second-order valence-electron chi connectivity index (χ2n) is 14.9. The predicted octanol–water partition coefficient (Wildman–Crippen LogP) is -3.73. The Kier molecular flexibility index (Phi) is 13.1. The van der Waals surface area contributed by atoms with Gasteiger partial charge in [0, 0.05) is 24.1 Å². The van der Waals surface area contributed by atoms with Gasteiger partial charge in [0.2, 0.25) is 17.5 Å². The van der Waals surface area contributed by atoms with Crippen LogP contribution in [0, 0.1) is 0 Å². The molecule has 0 radical (unpaired) electrons. The number of aliphatic hydroxyl groups is 9. The van der Waals surface area contributed by atoms with Gasteiger partial charge in [0.05, 0.1) is 32.0 Å². The Bertz CT molecular complexity index is 2030. The van der Waals surface area contributed by atoms with Gasteiger partial charge in [-0.05, 0) is 25.1 Å². The number of phenols is 4. The van der Waals surface area contributed by atoms with E-state index in [4.69, 9.17) is 42.3 Å². The van der Waals surface area contributed by atoms with Gasteiger partial charge in [-0.25, -0.2) is 0 Å². The first-order chi connectivity index (χ1) is 28.4. The molecule has 5 heterocycles. The lowest BCUT2D eigenvalue weighted by Gasteiger charge is -2.47. The molecule has 4 saturated heterocycles. The smallest absolute Gasteiger partial charge is 0.239 e. The molecule has 0 spiro atoms. The summed E-state index contributed by atoms with van der Waals surface area (Å²) in [6.07, 6.45) is -28.1. The Balaban J connectivity index is 1.23. The van der Waals surface area contributed by atoms with Gasteiger partial charge >= 0.3 is 0 Å². The Morgan fingerprint density at radius 1 is 0.667 bits per heavy atom. The van der Waals surface area contributed by atoms with Crippen LogP contribution in [0.15, 0.2) is 39.5 Å². The summed E-state index contributed by atoms with van der Waals surface area (Å²) < 4.78 is 52.1. The minimum Gasteiger partial charge on any atom is -0.508 e. The van der Waals surface area contributed by atoms with Crippen molar-refractivity contribution in [3.63, 3.8) is 0 Å². The van der Waals surface area contributed by atoms with Gasteiger partial charge in [-0.3, -0.25) is 4.79 Å². The molecular weight excluding hydrogens is 812 g/mol. The van der Waals surface area contributed by atoms with E-state index in [1.807, 2.05) is 0 Å². The Morgan fingerprint density at radius 2 is 1.38 bits per heavy atom. The number of hydrogen-bond donors (Lipinski definition) is 13. The van der Waals surface area contributed by atoms with Gasteiger partial charge in [-0.1, -0.05) is 0 Å². The highest BCUT2D eigenvalue weighted by Crippen LogP contribution is 2.40. The first-order valence-electron chi connectivity index (χ1n) is 18.7. The molecule has 4 aliphatic heterocycles. The maximum atomic E-state index is 14.2. The first kappa shape index (κ1) is 44.1. The normalized spacial score (nSPS) is 38.8. The molecule has 332 valence electrons. The largest absolute Gasteiger partial charge is 0.508 e. The number of ether oxygens (including phenoxy) is 8. The van der Waals surface area contributed by atoms with Crippen LogP contribution in [0.2, 0.25) is 0 Å². The maximum Gasteiger partial charge on any atom is 0.239 e. The number of aliphatic hydroxyl groups excluding tert-OH is 9. The number of hydrogen-bond acceptors (Lipinski definition) is 23. The summed E-state index contributed by atoms with van der Waals surface area (Å²) >= 11 is 0. The summed E-state index contributed by atoms with van der Waals surface area (Å²) in [7, 11) is 0. The van der Waals surface area contributed by atoms with E-state index in [0.717, 1.165) is 24.3 Å². The monoisotopic (exact) mass is 858 g/mol. The van der Waals surface area contributed by atoms with E-state index in [0.29, 0.717) is 0 Å². The van der Waals surface area contributed by atoms with E-state index in [1.165, 1.54) is 13.0 Å². The van der Waals surface area contributed by atoms with Crippen LogP contribution in [0.5, 0.6) is 28.7 Å². The van der Waals surface area contributed by atoms with Crippen LogP contribution in [-0.4, -0.2) is 191 Å². The van der Waals surface area contributed by atoms with Gasteiger partial charge in [0.1, 0.15) is 83.5 Å². The number of phenolic OH excluding ortho intramolecular Hbond substituents is 4. The van der Waals surface area contributed by atoms with E-state index in [2.05, 4.69) is 0 Å². The molecule has 7 rings (SSSR count). The van der Waals surface area contributed by atoms with Crippen molar-refractivity contribution >= 4 is 11.0 Å². The lowest BCUT2D eigenvalue weighted by Crippen LogP contribution is -2.65.